The van der Waals surface area contributed by atoms with Crippen LogP contribution in [0.15, 0.2) is 0 Å². The zero-order chi connectivity index (χ0) is 12.6. The Kier molecular flexibility index (Phi) is 2.99. The fraction of sp³-hybridized carbons (Fsp3) is 0.818. The van der Waals surface area contributed by atoms with E-state index in [4.69, 9.17) is 5.11 Å². The number of rotatable bonds is 3. The molecule has 0 bridgehead atoms. The van der Waals surface area contributed by atoms with E-state index >= 15 is 0 Å². The molecule has 2 amide bonds. The predicted molar refractivity (Wildman–Crippen MR) is 59.5 cm³/mol. The minimum Gasteiger partial charge on any atom is -0.480 e. The van der Waals surface area contributed by atoms with Crippen molar-refractivity contribution >= 4 is 12.0 Å². The number of carboxylic acids is 1. The van der Waals surface area contributed by atoms with Gasteiger partial charge in [-0.05, 0) is 18.3 Å². The van der Waals surface area contributed by atoms with E-state index in [1.54, 1.807) is 0 Å². The summed E-state index contributed by atoms with van der Waals surface area (Å²) < 4.78 is 0. The van der Waals surface area contributed by atoms with E-state index in [0.29, 0.717) is 6.54 Å². The molecule has 17 heavy (non-hydrogen) atoms. The normalized spacial score (nSPS) is 30.1. The molecule has 1 aliphatic heterocycles. The highest BCUT2D eigenvalue weighted by molar-refractivity contribution is 5.83. The Morgan fingerprint density at radius 3 is 2.65 bits per heavy atom. The van der Waals surface area contributed by atoms with Gasteiger partial charge in [0.15, 0.2) is 0 Å². The van der Waals surface area contributed by atoms with Crippen LogP contribution in [-0.2, 0) is 4.79 Å². The van der Waals surface area contributed by atoms with Crippen LogP contribution in [0.4, 0.5) is 4.79 Å². The largest absolute Gasteiger partial charge is 0.480 e. The number of aliphatic carboxylic acids is 1. The summed E-state index contributed by atoms with van der Waals surface area (Å²) >= 11 is 0. The quantitative estimate of drug-likeness (QED) is 0.650. The third-order valence-electron chi connectivity index (χ3n) is 3.59. The topological polar surface area (TPSA) is 89.9 Å². The summed E-state index contributed by atoms with van der Waals surface area (Å²) in [5.41, 5.74) is 0.187. The number of β-amino-alcohol motifs (C(OH)–C–C–N with tert-alkyl or cyclic N) is 1. The smallest absolute Gasteiger partial charge is 0.326 e. The molecule has 0 radical (unpaired) electrons. The van der Waals surface area contributed by atoms with Crippen molar-refractivity contribution in [2.24, 2.45) is 5.41 Å². The molecule has 0 aromatic rings. The van der Waals surface area contributed by atoms with Gasteiger partial charge in [0.2, 0.25) is 0 Å². The number of hydrogen-bond acceptors (Lipinski definition) is 3. The molecule has 1 saturated carbocycles. The lowest BCUT2D eigenvalue weighted by atomic mass is 10.1. The lowest BCUT2D eigenvalue weighted by molar-refractivity contribution is -0.141. The number of likely N-dealkylation sites (tertiary alicyclic amines) is 1. The van der Waals surface area contributed by atoms with Crippen molar-refractivity contribution < 1.29 is 19.8 Å². The van der Waals surface area contributed by atoms with Gasteiger partial charge in [0.05, 0.1) is 6.10 Å². The molecule has 2 aliphatic rings. The lowest BCUT2D eigenvalue weighted by Gasteiger charge is -2.22. The average Bonchev–Trinajstić information content (AvgIpc) is 2.85. The monoisotopic (exact) mass is 242 g/mol. The Labute approximate surface area is 99.6 Å². The molecular weight excluding hydrogens is 224 g/mol. The van der Waals surface area contributed by atoms with Gasteiger partial charge in [0.25, 0.3) is 0 Å². The van der Waals surface area contributed by atoms with Crippen LogP contribution in [-0.4, -0.2) is 52.3 Å². The first kappa shape index (κ1) is 12.2. The zero-order valence-electron chi connectivity index (χ0n) is 9.85. The average molecular weight is 242 g/mol. The molecule has 0 aromatic carbocycles. The fourth-order valence-corrected chi connectivity index (χ4v) is 2.05. The number of urea groups is 1. The summed E-state index contributed by atoms with van der Waals surface area (Å²) in [5, 5.41) is 21.1. The first-order valence-electron chi connectivity index (χ1n) is 5.87. The van der Waals surface area contributed by atoms with E-state index in [9.17, 15) is 14.7 Å². The molecule has 6 nitrogen and oxygen atoms in total. The van der Waals surface area contributed by atoms with Crippen molar-refractivity contribution in [1.82, 2.24) is 10.2 Å². The molecule has 2 atom stereocenters. The van der Waals surface area contributed by atoms with Gasteiger partial charge in [-0.15, -0.1) is 0 Å². The van der Waals surface area contributed by atoms with Gasteiger partial charge in [-0.25, -0.2) is 9.59 Å². The molecule has 1 saturated heterocycles. The first-order chi connectivity index (χ1) is 7.91. The van der Waals surface area contributed by atoms with Crippen LogP contribution in [0.2, 0.25) is 0 Å². The summed E-state index contributed by atoms with van der Waals surface area (Å²) in [6, 6.07) is -1.29. The van der Waals surface area contributed by atoms with E-state index in [0.717, 1.165) is 12.8 Å². The van der Waals surface area contributed by atoms with Gasteiger partial charge in [-0.3, -0.25) is 0 Å². The summed E-state index contributed by atoms with van der Waals surface area (Å²) in [7, 11) is 0. The number of aliphatic hydroxyl groups excluding tert-OH is 1. The number of carbonyl (C=O) groups is 2. The molecule has 2 rings (SSSR count). The first-order valence-corrected chi connectivity index (χ1v) is 5.87. The van der Waals surface area contributed by atoms with Crippen molar-refractivity contribution in [3.05, 3.63) is 0 Å². The molecule has 1 heterocycles. The van der Waals surface area contributed by atoms with Crippen LogP contribution in [0.1, 0.15) is 26.2 Å². The van der Waals surface area contributed by atoms with Gasteiger partial charge in [-0.1, -0.05) is 6.92 Å². The van der Waals surface area contributed by atoms with Crippen molar-refractivity contribution in [2.45, 2.75) is 38.3 Å². The second-order valence-corrected chi connectivity index (χ2v) is 5.37. The second kappa shape index (κ2) is 4.18. The standard InChI is InChI=1S/C11H18N2O4/c1-11(2-3-11)6-12-10(17)13-5-7(14)4-8(13)9(15)16/h7-8,14H,2-6H2,1H3,(H,12,17)(H,15,16)/t7-,8+/m1/s1. The molecule has 0 aromatic heterocycles. The molecule has 6 heteroatoms. The Balaban J connectivity index is 1.90. The highest BCUT2D eigenvalue weighted by atomic mass is 16.4. The van der Waals surface area contributed by atoms with Crippen LogP contribution >= 0.6 is 0 Å². The van der Waals surface area contributed by atoms with Crippen molar-refractivity contribution in [3.8, 4) is 0 Å². The minimum atomic E-state index is -1.06. The second-order valence-electron chi connectivity index (χ2n) is 5.37. The molecule has 3 N–H and O–H groups in total. The van der Waals surface area contributed by atoms with Gasteiger partial charge < -0.3 is 20.4 Å². The maximum Gasteiger partial charge on any atom is 0.326 e. The zero-order valence-corrected chi connectivity index (χ0v) is 9.85. The maximum atomic E-state index is 11.8. The number of carboxylic acid groups (broad SMARTS) is 1. The Morgan fingerprint density at radius 1 is 1.47 bits per heavy atom. The third-order valence-corrected chi connectivity index (χ3v) is 3.59. The number of amides is 2. The van der Waals surface area contributed by atoms with E-state index < -0.39 is 18.1 Å². The summed E-state index contributed by atoms with van der Waals surface area (Å²) in [6.07, 6.45) is 1.56. The molecule has 0 unspecified atom stereocenters. The number of nitrogens with zero attached hydrogens (tertiary/aromatic N) is 1. The van der Waals surface area contributed by atoms with Crippen LogP contribution in [0.25, 0.3) is 0 Å². The summed E-state index contributed by atoms with van der Waals surface area (Å²) in [6.45, 7) is 2.76. The number of nitrogens with one attached hydrogen (secondary N) is 1. The van der Waals surface area contributed by atoms with E-state index in [1.165, 1.54) is 4.90 Å². The molecule has 1 aliphatic carbocycles. The summed E-state index contributed by atoms with van der Waals surface area (Å²) in [5.74, 6) is -1.06. The van der Waals surface area contributed by atoms with Gasteiger partial charge >= 0.3 is 12.0 Å². The van der Waals surface area contributed by atoms with E-state index in [-0.39, 0.29) is 24.4 Å². The predicted octanol–water partition coefficient (Wildman–Crippen LogP) is 0.0159. The van der Waals surface area contributed by atoms with Gasteiger partial charge in [-0.2, -0.15) is 0 Å². The third kappa shape index (κ3) is 2.69. The van der Waals surface area contributed by atoms with Crippen LogP contribution in [0, 0.1) is 5.41 Å². The Morgan fingerprint density at radius 2 is 2.12 bits per heavy atom. The van der Waals surface area contributed by atoms with Crippen LogP contribution in [0.3, 0.4) is 0 Å². The highest BCUT2D eigenvalue weighted by Gasteiger charge is 2.41. The Bertz CT molecular complexity index is 340. The minimum absolute atomic E-state index is 0.0967. The van der Waals surface area contributed by atoms with E-state index in [2.05, 4.69) is 12.2 Å². The highest BCUT2D eigenvalue weighted by Crippen LogP contribution is 2.44. The maximum absolute atomic E-state index is 11.8. The fourth-order valence-electron chi connectivity index (χ4n) is 2.05. The number of carbonyl (C=O) groups excluding carboxylic acids is 1. The molecule has 2 fully saturated rings. The van der Waals surface area contributed by atoms with Crippen molar-refractivity contribution in [2.75, 3.05) is 13.1 Å². The molecule has 96 valence electrons. The van der Waals surface area contributed by atoms with Gasteiger partial charge in [0.1, 0.15) is 6.04 Å². The lowest BCUT2D eigenvalue weighted by Crippen LogP contribution is -2.47. The molecular formula is C11H18N2O4. The van der Waals surface area contributed by atoms with Crippen LogP contribution in [0.5, 0.6) is 0 Å². The van der Waals surface area contributed by atoms with E-state index in [1.807, 2.05) is 0 Å². The summed E-state index contributed by atoms with van der Waals surface area (Å²) in [4.78, 5) is 24.0. The van der Waals surface area contributed by atoms with Crippen molar-refractivity contribution in [3.63, 3.8) is 0 Å². The van der Waals surface area contributed by atoms with Crippen molar-refractivity contribution in [1.29, 1.82) is 0 Å². The van der Waals surface area contributed by atoms with Gasteiger partial charge in [0, 0.05) is 19.5 Å². The Hall–Kier alpha value is -1.30. The number of aliphatic hydroxyl groups is 1. The molecule has 0 spiro atoms. The SMILES string of the molecule is CC1(CNC(=O)N2C[C@H](O)C[C@H]2C(=O)O)CC1. The van der Waals surface area contributed by atoms with Crippen LogP contribution < -0.4 is 5.32 Å². The number of hydrogen-bond donors (Lipinski definition) is 3.